The van der Waals surface area contributed by atoms with Crippen molar-refractivity contribution < 1.29 is 0 Å². The molecule has 4 heteroatoms. The molecule has 0 aliphatic heterocycles. The molecule has 0 radical (unpaired) electrons. The van der Waals surface area contributed by atoms with Crippen molar-refractivity contribution >= 4 is 11.6 Å². The summed E-state index contributed by atoms with van der Waals surface area (Å²) in [5, 5.41) is 3.42. The topological polar surface area (TPSA) is 41.0 Å². The van der Waals surface area contributed by atoms with E-state index in [9.17, 15) is 0 Å². The van der Waals surface area contributed by atoms with Crippen molar-refractivity contribution in [3.63, 3.8) is 0 Å². The largest absolute Gasteiger partial charge is 0.370 e. The number of aromatic nitrogens is 2. The fraction of sp³-hybridized carbons (Fsp3) is 0.444. The maximum atomic E-state index is 4.53. The summed E-state index contributed by atoms with van der Waals surface area (Å²) in [5.74, 6) is 2.74. The van der Waals surface area contributed by atoms with E-state index in [-0.39, 0.29) is 0 Å². The molecule has 0 aliphatic rings. The fourth-order valence-electron chi connectivity index (χ4n) is 2.51. The van der Waals surface area contributed by atoms with Gasteiger partial charge in [0.15, 0.2) is 0 Å². The highest BCUT2D eigenvalue weighted by molar-refractivity contribution is 5.49. The van der Waals surface area contributed by atoms with Crippen LogP contribution in [0.4, 0.5) is 11.6 Å². The summed E-state index contributed by atoms with van der Waals surface area (Å²) >= 11 is 0. The van der Waals surface area contributed by atoms with E-state index in [0.29, 0.717) is 0 Å². The molecule has 0 unspecified atom stereocenters. The lowest BCUT2D eigenvalue weighted by molar-refractivity contribution is 0.828. The van der Waals surface area contributed by atoms with Crippen molar-refractivity contribution in [3.8, 4) is 0 Å². The summed E-state index contributed by atoms with van der Waals surface area (Å²) in [7, 11) is 0. The van der Waals surface area contributed by atoms with E-state index >= 15 is 0 Å². The Kier molecular flexibility index (Phi) is 6.19. The summed E-state index contributed by atoms with van der Waals surface area (Å²) in [6.45, 7) is 9.08. The van der Waals surface area contributed by atoms with Gasteiger partial charge in [0.05, 0.1) is 0 Å². The minimum absolute atomic E-state index is 0.815. The standard InChI is InChI=1S/C18H26N4/c1-4-22(5-2)18-14-17(20-15(3)21-18)19-13-9-12-16-10-7-6-8-11-16/h6-8,10-11,14H,4-5,9,12-13H2,1-3H3,(H,19,20,21). The molecule has 0 saturated carbocycles. The molecule has 1 aromatic heterocycles. The Morgan fingerprint density at radius 1 is 1.05 bits per heavy atom. The lowest BCUT2D eigenvalue weighted by atomic mass is 10.1. The van der Waals surface area contributed by atoms with Gasteiger partial charge in [-0.1, -0.05) is 30.3 Å². The summed E-state index contributed by atoms with van der Waals surface area (Å²) in [4.78, 5) is 11.2. The van der Waals surface area contributed by atoms with E-state index in [0.717, 1.165) is 49.9 Å². The minimum atomic E-state index is 0.815. The average molecular weight is 298 g/mol. The molecule has 1 N–H and O–H groups in total. The van der Waals surface area contributed by atoms with Gasteiger partial charge >= 0.3 is 0 Å². The molecule has 0 fully saturated rings. The van der Waals surface area contributed by atoms with E-state index < -0.39 is 0 Å². The molecular formula is C18H26N4. The molecule has 1 aromatic carbocycles. The Morgan fingerprint density at radius 3 is 2.45 bits per heavy atom. The van der Waals surface area contributed by atoms with E-state index in [1.165, 1.54) is 5.56 Å². The lowest BCUT2D eigenvalue weighted by Crippen LogP contribution is -2.23. The van der Waals surface area contributed by atoms with Crippen molar-refractivity contribution in [2.24, 2.45) is 0 Å². The second-order valence-electron chi connectivity index (χ2n) is 5.35. The van der Waals surface area contributed by atoms with Gasteiger partial charge < -0.3 is 10.2 Å². The van der Waals surface area contributed by atoms with Gasteiger partial charge in [0.25, 0.3) is 0 Å². The highest BCUT2D eigenvalue weighted by atomic mass is 15.2. The first-order valence-electron chi connectivity index (χ1n) is 8.11. The van der Waals surface area contributed by atoms with Gasteiger partial charge in [-0.15, -0.1) is 0 Å². The lowest BCUT2D eigenvalue weighted by Gasteiger charge is -2.20. The van der Waals surface area contributed by atoms with Gasteiger partial charge in [0.1, 0.15) is 17.5 Å². The molecule has 0 bridgehead atoms. The number of benzene rings is 1. The van der Waals surface area contributed by atoms with E-state index in [4.69, 9.17) is 0 Å². The molecule has 0 saturated heterocycles. The van der Waals surface area contributed by atoms with Crippen molar-refractivity contribution in [1.82, 2.24) is 9.97 Å². The van der Waals surface area contributed by atoms with E-state index in [1.54, 1.807) is 0 Å². The molecule has 22 heavy (non-hydrogen) atoms. The quantitative estimate of drug-likeness (QED) is 0.755. The molecule has 0 amide bonds. The zero-order valence-electron chi connectivity index (χ0n) is 13.8. The van der Waals surface area contributed by atoms with Crippen molar-refractivity contribution in [2.45, 2.75) is 33.6 Å². The number of nitrogens with one attached hydrogen (secondary N) is 1. The molecule has 118 valence electrons. The normalized spacial score (nSPS) is 10.5. The van der Waals surface area contributed by atoms with Crippen LogP contribution in [0.2, 0.25) is 0 Å². The van der Waals surface area contributed by atoms with Crippen LogP contribution in [0.25, 0.3) is 0 Å². The van der Waals surface area contributed by atoms with Crippen LogP contribution in [0.15, 0.2) is 36.4 Å². The number of hydrogen-bond donors (Lipinski definition) is 1. The highest BCUT2D eigenvalue weighted by Gasteiger charge is 2.07. The monoisotopic (exact) mass is 298 g/mol. The van der Waals surface area contributed by atoms with Crippen LogP contribution >= 0.6 is 0 Å². The molecule has 2 aromatic rings. The third-order valence-electron chi connectivity index (χ3n) is 3.70. The molecule has 1 heterocycles. The fourth-order valence-corrected chi connectivity index (χ4v) is 2.51. The van der Waals surface area contributed by atoms with Crippen molar-refractivity contribution in [1.29, 1.82) is 0 Å². The number of aryl methyl sites for hydroxylation is 2. The summed E-state index contributed by atoms with van der Waals surface area (Å²) in [6.07, 6.45) is 2.18. The zero-order chi connectivity index (χ0) is 15.8. The summed E-state index contributed by atoms with van der Waals surface area (Å²) in [5.41, 5.74) is 1.38. The Hall–Kier alpha value is -2.10. The second-order valence-corrected chi connectivity index (χ2v) is 5.35. The Bertz CT molecular complexity index is 565. The SMILES string of the molecule is CCN(CC)c1cc(NCCCc2ccccc2)nc(C)n1. The first-order chi connectivity index (χ1) is 10.7. The van der Waals surface area contributed by atoms with Crippen molar-refractivity contribution in [3.05, 3.63) is 47.8 Å². The van der Waals surface area contributed by atoms with Crippen LogP contribution in [-0.4, -0.2) is 29.6 Å². The van der Waals surface area contributed by atoms with Crippen LogP contribution < -0.4 is 10.2 Å². The van der Waals surface area contributed by atoms with E-state index in [1.807, 2.05) is 13.0 Å². The maximum Gasteiger partial charge on any atom is 0.134 e. The summed E-state index contributed by atoms with van der Waals surface area (Å²) < 4.78 is 0. The van der Waals surface area contributed by atoms with Crippen LogP contribution in [0, 0.1) is 6.92 Å². The molecule has 2 rings (SSSR count). The Labute approximate surface area is 133 Å². The van der Waals surface area contributed by atoms with Gasteiger partial charge in [-0.2, -0.15) is 0 Å². The highest BCUT2D eigenvalue weighted by Crippen LogP contribution is 2.15. The number of rotatable bonds is 8. The van der Waals surface area contributed by atoms with Gasteiger partial charge in [0, 0.05) is 25.7 Å². The first kappa shape index (κ1) is 16.3. The Morgan fingerprint density at radius 2 is 1.77 bits per heavy atom. The smallest absolute Gasteiger partial charge is 0.134 e. The van der Waals surface area contributed by atoms with Gasteiger partial charge in [-0.25, -0.2) is 9.97 Å². The molecule has 0 aliphatic carbocycles. The molecule has 0 spiro atoms. The molecule has 4 nitrogen and oxygen atoms in total. The third-order valence-corrected chi connectivity index (χ3v) is 3.70. The van der Waals surface area contributed by atoms with Gasteiger partial charge in [-0.05, 0) is 39.2 Å². The predicted octanol–water partition coefficient (Wildman–Crippen LogP) is 3.68. The average Bonchev–Trinajstić information content (AvgIpc) is 2.53. The van der Waals surface area contributed by atoms with Crippen molar-refractivity contribution in [2.75, 3.05) is 29.9 Å². The van der Waals surface area contributed by atoms with E-state index in [2.05, 4.69) is 64.4 Å². The van der Waals surface area contributed by atoms with Crippen LogP contribution in [0.5, 0.6) is 0 Å². The van der Waals surface area contributed by atoms with Gasteiger partial charge in [0.2, 0.25) is 0 Å². The summed E-state index contributed by atoms with van der Waals surface area (Å²) in [6, 6.07) is 12.6. The zero-order valence-corrected chi connectivity index (χ0v) is 13.8. The molecular weight excluding hydrogens is 272 g/mol. The van der Waals surface area contributed by atoms with Crippen LogP contribution in [0.3, 0.4) is 0 Å². The number of hydrogen-bond acceptors (Lipinski definition) is 4. The second kappa shape index (κ2) is 8.37. The Balaban J connectivity index is 1.89. The first-order valence-corrected chi connectivity index (χ1v) is 8.11. The van der Waals surface area contributed by atoms with Crippen LogP contribution in [0.1, 0.15) is 31.7 Å². The third kappa shape index (κ3) is 4.72. The molecule has 0 atom stereocenters. The number of anilines is 2. The predicted molar refractivity (Wildman–Crippen MR) is 93.6 cm³/mol. The minimum Gasteiger partial charge on any atom is -0.370 e. The van der Waals surface area contributed by atoms with Gasteiger partial charge in [-0.3, -0.25) is 0 Å². The maximum absolute atomic E-state index is 4.53. The van der Waals surface area contributed by atoms with Crippen LogP contribution in [-0.2, 0) is 6.42 Å². The number of nitrogens with zero attached hydrogens (tertiary/aromatic N) is 3.